The summed E-state index contributed by atoms with van der Waals surface area (Å²) in [6.07, 6.45) is 1.59. The summed E-state index contributed by atoms with van der Waals surface area (Å²) in [6, 6.07) is 5.80. The van der Waals surface area contributed by atoms with Crippen LogP contribution in [0.4, 0.5) is 4.39 Å². The number of carbonyl (C=O) groups excluding carboxylic acids is 1. The van der Waals surface area contributed by atoms with Gasteiger partial charge in [0.1, 0.15) is 12.1 Å². The first kappa shape index (κ1) is 15.2. The Bertz CT molecular complexity index is 610. The van der Waals surface area contributed by atoms with Gasteiger partial charge in [-0.05, 0) is 31.2 Å². The molecule has 0 fully saturated rings. The number of likely N-dealkylation sites (N-methyl/N-ethyl adjacent to an activating group) is 1. The third-order valence-corrected chi connectivity index (χ3v) is 3.37. The van der Waals surface area contributed by atoms with Crippen LogP contribution in [-0.4, -0.2) is 35.4 Å². The van der Waals surface area contributed by atoms with Crippen LogP contribution in [0, 0.1) is 5.82 Å². The highest BCUT2D eigenvalue weighted by Crippen LogP contribution is 2.19. The SMILES string of the molecule is CC(CN)N(C)C(=O)Cc1coc(-c2ccc(F)cc2)n1. The lowest BCUT2D eigenvalue weighted by Gasteiger charge is -2.23. The van der Waals surface area contributed by atoms with Gasteiger partial charge in [0, 0.05) is 25.2 Å². The van der Waals surface area contributed by atoms with E-state index >= 15 is 0 Å². The molecule has 1 amide bonds. The van der Waals surface area contributed by atoms with Crippen LogP contribution in [0.5, 0.6) is 0 Å². The Morgan fingerprint density at radius 1 is 1.43 bits per heavy atom. The van der Waals surface area contributed by atoms with Crippen molar-refractivity contribution in [2.75, 3.05) is 13.6 Å². The van der Waals surface area contributed by atoms with E-state index in [0.717, 1.165) is 0 Å². The molecule has 0 radical (unpaired) electrons. The summed E-state index contributed by atoms with van der Waals surface area (Å²) in [6.45, 7) is 2.28. The summed E-state index contributed by atoms with van der Waals surface area (Å²) in [4.78, 5) is 17.9. The van der Waals surface area contributed by atoms with Crippen LogP contribution in [0.2, 0.25) is 0 Å². The highest BCUT2D eigenvalue weighted by Gasteiger charge is 2.17. The predicted molar refractivity (Wildman–Crippen MR) is 76.9 cm³/mol. The first-order valence-corrected chi connectivity index (χ1v) is 6.67. The van der Waals surface area contributed by atoms with E-state index in [-0.39, 0.29) is 24.2 Å². The zero-order valence-corrected chi connectivity index (χ0v) is 12.0. The molecule has 1 unspecified atom stereocenters. The first-order valence-electron chi connectivity index (χ1n) is 6.67. The van der Waals surface area contributed by atoms with Crippen molar-refractivity contribution in [2.45, 2.75) is 19.4 Å². The maximum Gasteiger partial charge on any atom is 0.228 e. The summed E-state index contributed by atoms with van der Waals surface area (Å²) in [5, 5.41) is 0. The molecule has 2 N–H and O–H groups in total. The Morgan fingerprint density at radius 2 is 2.10 bits per heavy atom. The highest BCUT2D eigenvalue weighted by atomic mass is 19.1. The lowest BCUT2D eigenvalue weighted by atomic mass is 10.2. The fraction of sp³-hybridized carbons (Fsp3) is 0.333. The minimum Gasteiger partial charge on any atom is -0.444 e. The van der Waals surface area contributed by atoms with Gasteiger partial charge < -0.3 is 15.1 Å². The number of hydrogen-bond donors (Lipinski definition) is 1. The van der Waals surface area contributed by atoms with Gasteiger partial charge >= 0.3 is 0 Å². The molecule has 0 saturated heterocycles. The Balaban J connectivity index is 2.06. The van der Waals surface area contributed by atoms with Gasteiger partial charge in [0.2, 0.25) is 11.8 Å². The van der Waals surface area contributed by atoms with Crippen LogP contribution < -0.4 is 5.73 Å². The fourth-order valence-corrected chi connectivity index (χ4v) is 1.80. The lowest BCUT2D eigenvalue weighted by Crippen LogP contribution is -2.40. The molecule has 0 saturated carbocycles. The largest absolute Gasteiger partial charge is 0.444 e. The van der Waals surface area contributed by atoms with Gasteiger partial charge in [-0.3, -0.25) is 4.79 Å². The molecule has 1 aromatic carbocycles. The van der Waals surface area contributed by atoms with E-state index in [1.165, 1.54) is 18.4 Å². The smallest absolute Gasteiger partial charge is 0.228 e. The van der Waals surface area contributed by atoms with Crippen molar-refractivity contribution < 1.29 is 13.6 Å². The van der Waals surface area contributed by atoms with Crippen LogP contribution in [0.3, 0.4) is 0 Å². The average molecular weight is 291 g/mol. The van der Waals surface area contributed by atoms with Crippen LogP contribution >= 0.6 is 0 Å². The maximum atomic E-state index is 12.9. The van der Waals surface area contributed by atoms with E-state index in [2.05, 4.69) is 4.98 Å². The number of nitrogens with zero attached hydrogens (tertiary/aromatic N) is 2. The fourth-order valence-electron chi connectivity index (χ4n) is 1.80. The Labute approximate surface area is 122 Å². The molecule has 0 bridgehead atoms. The summed E-state index contributed by atoms with van der Waals surface area (Å²) >= 11 is 0. The summed E-state index contributed by atoms with van der Waals surface area (Å²) < 4.78 is 18.2. The normalized spacial score (nSPS) is 12.2. The van der Waals surface area contributed by atoms with Crippen molar-refractivity contribution in [3.63, 3.8) is 0 Å². The van der Waals surface area contributed by atoms with E-state index in [1.54, 1.807) is 24.1 Å². The zero-order valence-electron chi connectivity index (χ0n) is 12.0. The topological polar surface area (TPSA) is 72.4 Å². The number of oxazole rings is 1. The molecule has 0 aliphatic carbocycles. The minimum atomic E-state index is -0.321. The maximum absolute atomic E-state index is 12.9. The molecule has 2 aromatic rings. The molecule has 0 aliphatic heterocycles. The van der Waals surface area contributed by atoms with Gasteiger partial charge in [-0.2, -0.15) is 0 Å². The minimum absolute atomic E-state index is 0.0269. The number of amides is 1. The van der Waals surface area contributed by atoms with E-state index in [4.69, 9.17) is 10.2 Å². The van der Waals surface area contributed by atoms with Crippen LogP contribution in [0.15, 0.2) is 34.9 Å². The second-order valence-electron chi connectivity index (χ2n) is 4.92. The number of aromatic nitrogens is 1. The second-order valence-corrected chi connectivity index (χ2v) is 4.92. The summed E-state index contributed by atoms with van der Waals surface area (Å²) in [5.41, 5.74) is 6.74. The predicted octanol–water partition coefficient (Wildman–Crippen LogP) is 1.83. The zero-order chi connectivity index (χ0) is 15.4. The number of nitrogens with two attached hydrogens (primary N) is 1. The van der Waals surface area contributed by atoms with E-state index in [0.29, 0.717) is 23.7 Å². The van der Waals surface area contributed by atoms with Crippen molar-refractivity contribution in [3.05, 3.63) is 42.0 Å². The number of rotatable bonds is 5. The van der Waals surface area contributed by atoms with Gasteiger partial charge in [-0.15, -0.1) is 0 Å². The molecular formula is C15H18FN3O2. The second kappa shape index (κ2) is 6.49. The molecular weight excluding hydrogens is 273 g/mol. The van der Waals surface area contributed by atoms with E-state index in [9.17, 15) is 9.18 Å². The average Bonchev–Trinajstić information content (AvgIpc) is 2.94. The van der Waals surface area contributed by atoms with Gasteiger partial charge in [0.25, 0.3) is 0 Å². The number of benzene rings is 1. The molecule has 2 rings (SSSR count). The monoisotopic (exact) mass is 291 g/mol. The third-order valence-electron chi connectivity index (χ3n) is 3.37. The molecule has 6 heteroatoms. The Hall–Kier alpha value is -2.21. The highest BCUT2D eigenvalue weighted by molar-refractivity contribution is 5.78. The summed E-state index contributed by atoms with van der Waals surface area (Å²) in [5.74, 6) is -0.0302. The Morgan fingerprint density at radius 3 is 2.71 bits per heavy atom. The van der Waals surface area contributed by atoms with Crippen LogP contribution in [0.1, 0.15) is 12.6 Å². The van der Waals surface area contributed by atoms with Crippen LogP contribution in [-0.2, 0) is 11.2 Å². The lowest BCUT2D eigenvalue weighted by molar-refractivity contribution is -0.130. The van der Waals surface area contributed by atoms with Crippen molar-refractivity contribution in [2.24, 2.45) is 5.73 Å². The number of carbonyl (C=O) groups is 1. The molecule has 0 spiro atoms. The molecule has 5 nitrogen and oxygen atoms in total. The van der Waals surface area contributed by atoms with Gasteiger partial charge in [-0.25, -0.2) is 9.37 Å². The van der Waals surface area contributed by atoms with Crippen molar-refractivity contribution >= 4 is 5.91 Å². The quantitative estimate of drug-likeness (QED) is 0.912. The Kier molecular flexibility index (Phi) is 4.70. The van der Waals surface area contributed by atoms with E-state index in [1.807, 2.05) is 6.92 Å². The third kappa shape index (κ3) is 3.66. The van der Waals surface area contributed by atoms with Gasteiger partial charge in [0.15, 0.2) is 0 Å². The van der Waals surface area contributed by atoms with Gasteiger partial charge in [0.05, 0.1) is 12.1 Å². The summed E-state index contributed by atoms with van der Waals surface area (Å²) in [7, 11) is 1.71. The van der Waals surface area contributed by atoms with E-state index < -0.39 is 0 Å². The first-order chi connectivity index (χ1) is 10.0. The molecule has 112 valence electrons. The molecule has 0 aliphatic rings. The number of halogens is 1. The molecule has 1 atom stereocenters. The standard InChI is InChI=1S/C15H18FN3O2/c1-10(8-17)19(2)14(20)7-13-9-21-15(18-13)11-3-5-12(16)6-4-11/h3-6,9-10H,7-8,17H2,1-2H3. The number of hydrogen-bond acceptors (Lipinski definition) is 4. The molecule has 1 aromatic heterocycles. The van der Waals surface area contributed by atoms with Crippen molar-refractivity contribution in [1.82, 2.24) is 9.88 Å². The van der Waals surface area contributed by atoms with Crippen LogP contribution in [0.25, 0.3) is 11.5 Å². The van der Waals surface area contributed by atoms with Crippen molar-refractivity contribution in [1.29, 1.82) is 0 Å². The molecule has 1 heterocycles. The molecule has 21 heavy (non-hydrogen) atoms. The van der Waals surface area contributed by atoms with Gasteiger partial charge in [-0.1, -0.05) is 0 Å². The van der Waals surface area contributed by atoms with Crippen molar-refractivity contribution in [3.8, 4) is 11.5 Å².